The molecule has 0 aromatic carbocycles. The van der Waals surface area contributed by atoms with E-state index in [-0.39, 0.29) is 48.4 Å². The van der Waals surface area contributed by atoms with E-state index in [0.717, 1.165) is 25.7 Å². The maximum absolute atomic E-state index is 12.0. The SMILES string of the molecule is CCC(=O)C1CCC(NC(=O)CCOCCNC(=O)CCNC(=O)C(C)C)CC1. The van der Waals surface area contributed by atoms with Crippen LogP contribution >= 0.6 is 0 Å². The largest absolute Gasteiger partial charge is 0.379 e. The molecule has 0 aromatic rings. The van der Waals surface area contributed by atoms with E-state index in [1.165, 1.54) is 0 Å². The van der Waals surface area contributed by atoms with Gasteiger partial charge in [0.2, 0.25) is 17.7 Å². The van der Waals surface area contributed by atoms with Crippen LogP contribution in [0, 0.1) is 11.8 Å². The molecule has 0 saturated heterocycles. The third-order valence-corrected chi connectivity index (χ3v) is 5.11. The molecule has 0 aromatic heterocycles. The Morgan fingerprint density at radius 2 is 1.59 bits per heavy atom. The van der Waals surface area contributed by atoms with Crippen LogP contribution in [0.2, 0.25) is 0 Å². The normalized spacial score (nSPS) is 18.9. The third kappa shape index (κ3) is 11.0. The number of hydrogen-bond donors (Lipinski definition) is 3. The quantitative estimate of drug-likeness (QED) is 0.396. The highest BCUT2D eigenvalue weighted by Gasteiger charge is 2.25. The number of hydrogen-bond acceptors (Lipinski definition) is 5. The van der Waals surface area contributed by atoms with Crippen LogP contribution in [0.4, 0.5) is 0 Å². The van der Waals surface area contributed by atoms with Gasteiger partial charge in [-0.05, 0) is 25.7 Å². The van der Waals surface area contributed by atoms with E-state index in [2.05, 4.69) is 16.0 Å². The molecule has 166 valence electrons. The van der Waals surface area contributed by atoms with Crippen molar-refractivity contribution >= 4 is 23.5 Å². The van der Waals surface area contributed by atoms with Crippen molar-refractivity contribution in [1.29, 1.82) is 0 Å². The number of carbonyl (C=O) groups excluding carboxylic acids is 4. The Morgan fingerprint density at radius 3 is 2.21 bits per heavy atom. The maximum atomic E-state index is 12.0. The third-order valence-electron chi connectivity index (χ3n) is 5.11. The number of amides is 3. The fourth-order valence-corrected chi connectivity index (χ4v) is 3.27. The van der Waals surface area contributed by atoms with Crippen molar-refractivity contribution in [3.63, 3.8) is 0 Å². The van der Waals surface area contributed by atoms with E-state index in [4.69, 9.17) is 4.74 Å². The number of Topliss-reactive ketones (excluding diaryl/α,β-unsaturated/α-hetero) is 1. The van der Waals surface area contributed by atoms with E-state index >= 15 is 0 Å². The van der Waals surface area contributed by atoms with Gasteiger partial charge in [-0.1, -0.05) is 20.8 Å². The van der Waals surface area contributed by atoms with E-state index in [1.54, 1.807) is 13.8 Å². The van der Waals surface area contributed by atoms with Crippen LogP contribution in [0.25, 0.3) is 0 Å². The van der Waals surface area contributed by atoms with Gasteiger partial charge in [0.05, 0.1) is 13.2 Å². The number of rotatable bonds is 13. The van der Waals surface area contributed by atoms with Crippen LogP contribution in [0.3, 0.4) is 0 Å². The monoisotopic (exact) mass is 411 g/mol. The van der Waals surface area contributed by atoms with E-state index in [9.17, 15) is 19.2 Å². The summed E-state index contributed by atoms with van der Waals surface area (Å²) in [4.78, 5) is 46.7. The molecule has 1 saturated carbocycles. The van der Waals surface area contributed by atoms with E-state index in [1.807, 2.05) is 6.92 Å². The molecule has 29 heavy (non-hydrogen) atoms. The Balaban J connectivity index is 1.99. The second kappa shape index (κ2) is 14.1. The van der Waals surface area contributed by atoms with Crippen molar-refractivity contribution in [3.8, 4) is 0 Å². The summed E-state index contributed by atoms with van der Waals surface area (Å²) in [6, 6.07) is 0.152. The van der Waals surface area contributed by atoms with Gasteiger partial charge < -0.3 is 20.7 Å². The summed E-state index contributed by atoms with van der Waals surface area (Å²) in [6.45, 7) is 6.82. The molecule has 1 fully saturated rings. The molecule has 0 heterocycles. The second-order valence-electron chi connectivity index (χ2n) is 7.84. The molecule has 0 aliphatic heterocycles. The second-order valence-corrected chi connectivity index (χ2v) is 7.84. The molecule has 0 unspecified atom stereocenters. The van der Waals surface area contributed by atoms with Crippen molar-refractivity contribution in [1.82, 2.24) is 16.0 Å². The average molecular weight is 412 g/mol. The number of ether oxygens (including phenoxy) is 1. The first-order chi connectivity index (χ1) is 13.8. The van der Waals surface area contributed by atoms with Crippen molar-refractivity contribution in [3.05, 3.63) is 0 Å². The summed E-state index contributed by atoms with van der Waals surface area (Å²) in [5.41, 5.74) is 0. The Hall–Kier alpha value is -1.96. The van der Waals surface area contributed by atoms with Crippen LogP contribution in [-0.2, 0) is 23.9 Å². The van der Waals surface area contributed by atoms with Crippen LogP contribution in [0.15, 0.2) is 0 Å². The molecule has 0 bridgehead atoms. The van der Waals surface area contributed by atoms with Crippen molar-refractivity contribution in [2.45, 2.75) is 71.8 Å². The molecule has 0 radical (unpaired) electrons. The fourth-order valence-electron chi connectivity index (χ4n) is 3.27. The predicted molar refractivity (Wildman–Crippen MR) is 110 cm³/mol. The van der Waals surface area contributed by atoms with E-state index in [0.29, 0.717) is 38.5 Å². The van der Waals surface area contributed by atoms with Gasteiger partial charge in [0.25, 0.3) is 0 Å². The van der Waals surface area contributed by atoms with Gasteiger partial charge in [0.15, 0.2) is 0 Å². The summed E-state index contributed by atoms with van der Waals surface area (Å²) in [5.74, 6) is 0.146. The molecule has 3 N–H and O–H groups in total. The standard InChI is InChI=1S/C21H37N3O5/c1-4-18(25)16-5-7-17(8-6-16)24-20(27)10-13-29-14-12-22-19(26)9-11-23-21(28)15(2)3/h15-17H,4-14H2,1-3H3,(H,22,26)(H,23,28)(H,24,27). The van der Waals surface area contributed by atoms with Crippen LogP contribution in [0.5, 0.6) is 0 Å². The van der Waals surface area contributed by atoms with Gasteiger partial charge >= 0.3 is 0 Å². The van der Waals surface area contributed by atoms with Gasteiger partial charge in [0, 0.05) is 50.2 Å². The van der Waals surface area contributed by atoms with Crippen molar-refractivity contribution in [2.24, 2.45) is 11.8 Å². The molecular formula is C21H37N3O5. The minimum absolute atomic E-state index is 0.0415. The maximum Gasteiger partial charge on any atom is 0.222 e. The number of nitrogens with one attached hydrogen (secondary N) is 3. The molecular weight excluding hydrogens is 374 g/mol. The lowest BCUT2D eigenvalue weighted by molar-refractivity contribution is -0.126. The summed E-state index contributed by atoms with van der Waals surface area (Å²) < 4.78 is 5.39. The van der Waals surface area contributed by atoms with Crippen molar-refractivity contribution in [2.75, 3.05) is 26.3 Å². The molecule has 3 amide bonds. The van der Waals surface area contributed by atoms with E-state index < -0.39 is 0 Å². The van der Waals surface area contributed by atoms with Gasteiger partial charge in [-0.25, -0.2) is 0 Å². The highest BCUT2D eigenvalue weighted by molar-refractivity contribution is 5.81. The predicted octanol–water partition coefficient (Wildman–Crippen LogP) is 1.33. The van der Waals surface area contributed by atoms with Gasteiger partial charge in [-0.2, -0.15) is 0 Å². The van der Waals surface area contributed by atoms with Crippen LogP contribution < -0.4 is 16.0 Å². The summed E-state index contributed by atoms with van der Waals surface area (Å²) in [5, 5.41) is 8.41. The molecule has 8 nitrogen and oxygen atoms in total. The minimum atomic E-state index is -0.146. The number of ketones is 1. The highest BCUT2D eigenvalue weighted by Crippen LogP contribution is 2.25. The molecule has 8 heteroatoms. The zero-order valence-corrected chi connectivity index (χ0v) is 18.1. The lowest BCUT2D eigenvalue weighted by Crippen LogP contribution is -2.39. The summed E-state index contributed by atoms with van der Waals surface area (Å²) >= 11 is 0. The summed E-state index contributed by atoms with van der Waals surface area (Å²) in [6.07, 6.45) is 4.52. The molecule has 1 rings (SSSR count). The Morgan fingerprint density at radius 1 is 0.897 bits per heavy atom. The van der Waals surface area contributed by atoms with Gasteiger partial charge in [-0.3, -0.25) is 19.2 Å². The first-order valence-corrected chi connectivity index (χ1v) is 10.8. The smallest absolute Gasteiger partial charge is 0.222 e. The first-order valence-electron chi connectivity index (χ1n) is 10.8. The zero-order chi connectivity index (χ0) is 21.6. The molecule has 1 aliphatic carbocycles. The minimum Gasteiger partial charge on any atom is -0.379 e. The highest BCUT2D eigenvalue weighted by atomic mass is 16.5. The van der Waals surface area contributed by atoms with Crippen molar-refractivity contribution < 1.29 is 23.9 Å². The number of carbonyl (C=O) groups is 4. The topological polar surface area (TPSA) is 114 Å². The van der Waals surface area contributed by atoms with Crippen LogP contribution in [0.1, 0.15) is 65.7 Å². The van der Waals surface area contributed by atoms with Gasteiger partial charge in [0.1, 0.15) is 5.78 Å². The molecule has 0 atom stereocenters. The Kier molecular flexibility index (Phi) is 12.2. The zero-order valence-electron chi connectivity index (χ0n) is 18.1. The molecule has 0 spiro atoms. The Labute approximate surface area is 173 Å². The van der Waals surface area contributed by atoms with Crippen LogP contribution in [-0.4, -0.2) is 55.8 Å². The lowest BCUT2D eigenvalue weighted by atomic mass is 9.83. The fraction of sp³-hybridized carbons (Fsp3) is 0.810. The Bertz CT molecular complexity index is 542. The first kappa shape index (κ1) is 25.1. The summed E-state index contributed by atoms with van der Waals surface area (Å²) in [7, 11) is 0. The van der Waals surface area contributed by atoms with Gasteiger partial charge in [-0.15, -0.1) is 0 Å². The lowest BCUT2D eigenvalue weighted by Gasteiger charge is -2.28. The average Bonchev–Trinajstić information content (AvgIpc) is 2.70. The molecule has 1 aliphatic rings.